The Bertz CT molecular complexity index is 1270. The topological polar surface area (TPSA) is 130 Å². The van der Waals surface area contributed by atoms with Crippen LogP contribution in [0.15, 0.2) is 42.5 Å². The summed E-state index contributed by atoms with van der Waals surface area (Å²) in [5.41, 5.74) is 3.14. The lowest BCUT2D eigenvalue weighted by atomic mass is 9.98. The molecule has 2 amide bonds. The van der Waals surface area contributed by atoms with E-state index >= 15 is 0 Å². The molecule has 5 atom stereocenters. The van der Waals surface area contributed by atoms with Crippen LogP contribution in [0.2, 0.25) is 0 Å². The van der Waals surface area contributed by atoms with Gasteiger partial charge in [-0.25, -0.2) is 0 Å². The summed E-state index contributed by atoms with van der Waals surface area (Å²) < 4.78 is 18.0. The maximum Gasteiger partial charge on any atom is 0.255 e. The molecule has 4 N–H and O–H groups in total. The van der Waals surface area contributed by atoms with Gasteiger partial charge in [-0.3, -0.25) is 14.5 Å². The largest absolute Gasteiger partial charge is 0.493 e. The fourth-order valence-corrected chi connectivity index (χ4v) is 6.78. The van der Waals surface area contributed by atoms with Crippen molar-refractivity contribution in [1.29, 1.82) is 0 Å². The van der Waals surface area contributed by atoms with Crippen molar-refractivity contribution in [2.45, 2.75) is 75.5 Å². The average molecular weight is 594 g/mol. The minimum Gasteiger partial charge on any atom is -0.493 e. The van der Waals surface area contributed by atoms with Crippen molar-refractivity contribution in [2.24, 2.45) is 5.92 Å². The highest BCUT2D eigenvalue weighted by molar-refractivity contribution is 5.98. The van der Waals surface area contributed by atoms with E-state index in [0.29, 0.717) is 56.1 Å². The Balaban J connectivity index is 1.27. The number of nitrogens with one attached hydrogen (secondary N) is 2. The Morgan fingerprint density at radius 3 is 2.51 bits per heavy atom. The zero-order chi connectivity index (χ0) is 29.8. The van der Waals surface area contributed by atoms with Crippen molar-refractivity contribution in [2.75, 3.05) is 39.5 Å². The number of amides is 2. The van der Waals surface area contributed by atoms with Crippen LogP contribution in [0.5, 0.6) is 5.75 Å². The first kappa shape index (κ1) is 30.0. The van der Waals surface area contributed by atoms with Crippen LogP contribution >= 0.6 is 0 Å². The van der Waals surface area contributed by atoms with Crippen molar-refractivity contribution in [3.8, 4) is 16.9 Å². The fourth-order valence-electron chi connectivity index (χ4n) is 6.78. The highest BCUT2D eigenvalue weighted by atomic mass is 16.5. The van der Waals surface area contributed by atoms with E-state index < -0.39 is 12.2 Å². The number of nitrogens with zero attached hydrogens (tertiary/aromatic N) is 1. The van der Waals surface area contributed by atoms with Crippen molar-refractivity contribution >= 4 is 11.8 Å². The number of aliphatic hydroxyl groups is 2. The number of rotatable bonds is 4. The predicted molar refractivity (Wildman–Crippen MR) is 160 cm³/mol. The molecule has 4 aliphatic rings. The molecule has 0 saturated carbocycles. The highest BCUT2D eigenvalue weighted by Gasteiger charge is 2.40. The van der Waals surface area contributed by atoms with Crippen LogP contribution in [0.25, 0.3) is 11.1 Å². The van der Waals surface area contributed by atoms with E-state index in [1.807, 2.05) is 36.4 Å². The number of carbonyl (C=O) groups excluding carboxylic acids is 2. The van der Waals surface area contributed by atoms with E-state index in [2.05, 4.69) is 15.5 Å². The first-order valence-electron chi connectivity index (χ1n) is 15.7. The number of fused-ring (bicyclic) bond motifs is 5. The molecule has 6 rings (SSSR count). The maximum atomic E-state index is 13.7. The molecule has 43 heavy (non-hydrogen) atoms. The number of likely N-dealkylation sites (tertiary alicyclic amines) is 1. The smallest absolute Gasteiger partial charge is 0.255 e. The Morgan fingerprint density at radius 1 is 0.930 bits per heavy atom. The summed E-state index contributed by atoms with van der Waals surface area (Å²) in [5.74, 6) is 0.621. The van der Waals surface area contributed by atoms with Crippen LogP contribution in [0.1, 0.15) is 54.4 Å². The summed E-state index contributed by atoms with van der Waals surface area (Å²) in [4.78, 5) is 29.4. The summed E-state index contributed by atoms with van der Waals surface area (Å²) in [5, 5.41) is 26.3. The number of hydrogen-bond acceptors (Lipinski definition) is 8. The molecule has 232 valence electrons. The minimum absolute atomic E-state index is 0.0228. The molecule has 4 bridgehead atoms. The van der Waals surface area contributed by atoms with Gasteiger partial charge in [-0.15, -0.1) is 0 Å². The van der Waals surface area contributed by atoms with Crippen molar-refractivity contribution < 1.29 is 34.0 Å². The summed E-state index contributed by atoms with van der Waals surface area (Å²) in [6.45, 7) is 3.39. The van der Waals surface area contributed by atoms with Crippen LogP contribution in [-0.2, 0) is 20.9 Å². The molecule has 0 unspecified atom stereocenters. The Hall–Kier alpha value is -3.02. The molecule has 10 nitrogen and oxygen atoms in total. The molecule has 3 saturated heterocycles. The van der Waals surface area contributed by atoms with Crippen LogP contribution < -0.4 is 15.4 Å². The monoisotopic (exact) mass is 593 g/mol. The molecule has 0 aromatic heterocycles. The minimum atomic E-state index is -0.634. The quantitative estimate of drug-likeness (QED) is 0.425. The van der Waals surface area contributed by atoms with E-state index in [1.165, 1.54) is 0 Å². The molecular formula is C33H43N3O7. The van der Waals surface area contributed by atoms with Gasteiger partial charge in [0, 0.05) is 45.3 Å². The molecule has 2 aromatic carbocycles. The second-order valence-electron chi connectivity index (χ2n) is 12.3. The van der Waals surface area contributed by atoms with Crippen LogP contribution in [0.3, 0.4) is 0 Å². The lowest BCUT2D eigenvalue weighted by Crippen LogP contribution is -2.50. The van der Waals surface area contributed by atoms with E-state index in [-0.39, 0.29) is 43.2 Å². The lowest BCUT2D eigenvalue weighted by molar-refractivity contribution is -0.133. The van der Waals surface area contributed by atoms with E-state index in [9.17, 15) is 19.8 Å². The lowest BCUT2D eigenvalue weighted by Gasteiger charge is -2.35. The number of hydrogen-bond donors (Lipinski definition) is 4. The first-order valence-corrected chi connectivity index (χ1v) is 15.7. The highest BCUT2D eigenvalue weighted by Crippen LogP contribution is 2.30. The normalized spacial score (nSPS) is 29.3. The van der Waals surface area contributed by atoms with Crippen LogP contribution in [0.4, 0.5) is 0 Å². The summed E-state index contributed by atoms with van der Waals surface area (Å²) in [7, 11) is 0. The van der Waals surface area contributed by atoms with Gasteiger partial charge in [0.05, 0.1) is 37.0 Å². The zero-order valence-electron chi connectivity index (χ0n) is 24.6. The second kappa shape index (κ2) is 13.7. The standard InChI is InChI=1S/C33H43N3O7/c37-20-22-1-3-23(4-2-22)24-5-7-27-30(15-24)42-14-11-26-6-8-29(38)31(43-26)17-34-33(40)28-16-25(35-32(27)39)19-36(28)18-21-9-12-41-13-10-21/h1-5,7,15,21,25-26,28-29,31,37-38H,6,8-14,16-20H2,(H,34,40)(H,35,39)/t25-,26-,28-,29-,31+/m0/s1. The van der Waals surface area contributed by atoms with Gasteiger partial charge in [-0.2, -0.15) is 0 Å². The molecule has 3 fully saturated rings. The number of carbonyl (C=O) groups is 2. The van der Waals surface area contributed by atoms with Gasteiger partial charge in [-0.05, 0) is 66.8 Å². The molecule has 2 aromatic rings. The molecule has 4 heterocycles. The van der Waals surface area contributed by atoms with Gasteiger partial charge in [0.1, 0.15) is 11.9 Å². The Morgan fingerprint density at radius 2 is 1.72 bits per heavy atom. The molecule has 0 radical (unpaired) electrons. The van der Waals surface area contributed by atoms with Gasteiger partial charge >= 0.3 is 0 Å². The van der Waals surface area contributed by atoms with Crippen molar-refractivity contribution in [1.82, 2.24) is 15.5 Å². The van der Waals surface area contributed by atoms with E-state index in [0.717, 1.165) is 49.3 Å². The second-order valence-corrected chi connectivity index (χ2v) is 12.3. The van der Waals surface area contributed by atoms with Crippen molar-refractivity contribution in [3.63, 3.8) is 0 Å². The van der Waals surface area contributed by atoms with Gasteiger partial charge < -0.3 is 35.1 Å². The average Bonchev–Trinajstić information content (AvgIpc) is 3.42. The van der Waals surface area contributed by atoms with Gasteiger partial charge in [0.2, 0.25) is 5.91 Å². The van der Waals surface area contributed by atoms with E-state index in [4.69, 9.17) is 14.2 Å². The summed E-state index contributed by atoms with van der Waals surface area (Å²) in [6.07, 6.45) is 3.08. The van der Waals surface area contributed by atoms with Gasteiger partial charge in [0.15, 0.2) is 0 Å². The predicted octanol–water partition coefficient (Wildman–Crippen LogP) is 2.25. The molecular weight excluding hydrogens is 550 g/mol. The maximum absolute atomic E-state index is 13.7. The zero-order valence-corrected chi connectivity index (χ0v) is 24.6. The third kappa shape index (κ3) is 7.21. The van der Waals surface area contributed by atoms with Gasteiger partial charge in [0.25, 0.3) is 5.91 Å². The van der Waals surface area contributed by atoms with Crippen LogP contribution in [0, 0.1) is 5.92 Å². The van der Waals surface area contributed by atoms with Gasteiger partial charge in [-0.1, -0.05) is 30.3 Å². The molecule has 0 aliphatic carbocycles. The number of ether oxygens (including phenoxy) is 3. The SMILES string of the molecule is O=C1N[C@H]2C[C@@H](C(=O)NC[C@H]3O[C@H](CCOc4cc(-c5ccc(CO)cc5)ccc41)CC[C@@H]3O)N(CC1CCOCC1)C2. The Kier molecular flexibility index (Phi) is 9.59. The molecule has 10 heteroatoms. The fraction of sp³-hybridized carbons (Fsp3) is 0.576. The third-order valence-electron chi connectivity index (χ3n) is 9.33. The molecule has 4 aliphatic heterocycles. The molecule has 0 spiro atoms. The summed E-state index contributed by atoms with van der Waals surface area (Å²) in [6, 6.07) is 12.7. The van der Waals surface area contributed by atoms with Crippen molar-refractivity contribution in [3.05, 3.63) is 53.6 Å². The Labute approximate surface area is 252 Å². The summed E-state index contributed by atoms with van der Waals surface area (Å²) >= 11 is 0. The number of aliphatic hydroxyl groups excluding tert-OH is 2. The first-order chi connectivity index (χ1) is 21.0. The van der Waals surface area contributed by atoms with E-state index in [1.54, 1.807) is 6.07 Å². The third-order valence-corrected chi connectivity index (χ3v) is 9.33. The number of benzene rings is 2. The van der Waals surface area contributed by atoms with Crippen LogP contribution in [-0.4, -0.2) is 96.8 Å².